The summed E-state index contributed by atoms with van der Waals surface area (Å²) in [7, 11) is 0. The summed E-state index contributed by atoms with van der Waals surface area (Å²) in [6, 6.07) is 5.32. The number of carboxylic acids is 1. The van der Waals surface area contributed by atoms with Gasteiger partial charge in [0.2, 0.25) is 0 Å². The molecule has 6 N–H and O–H groups in total. The fraction of sp³-hybridized carbons (Fsp3) is 0.200. The van der Waals surface area contributed by atoms with Crippen LogP contribution < -0.4 is 16.8 Å². The zero-order valence-electron chi connectivity index (χ0n) is 8.51. The first kappa shape index (κ1) is 12.0. The van der Waals surface area contributed by atoms with Gasteiger partial charge < -0.3 is 21.9 Å². The first-order chi connectivity index (χ1) is 7.49. The van der Waals surface area contributed by atoms with Crippen LogP contribution in [0.3, 0.4) is 0 Å². The molecular weight excluding hydrogens is 210 g/mol. The number of nitrogens with one attached hydrogen (secondary N) is 1. The first-order valence-corrected chi connectivity index (χ1v) is 4.63. The Morgan fingerprint density at radius 3 is 2.31 bits per heavy atom. The maximum absolute atomic E-state index is 10.5. The van der Waals surface area contributed by atoms with Crippen LogP contribution in [0.15, 0.2) is 24.3 Å². The molecule has 16 heavy (non-hydrogen) atoms. The Bertz CT molecular complexity index is 389. The van der Waals surface area contributed by atoms with Crippen LogP contribution in [-0.4, -0.2) is 17.1 Å². The number of benzene rings is 1. The molecule has 0 aromatic heterocycles. The van der Waals surface area contributed by atoms with Gasteiger partial charge in [0.25, 0.3) is 0 Å². The number of hydrogen-bond donors (Lipinski definition) is 4. The van der Waals surface area contributed by atoms with Gasteiger partial charge in [-0.1, -0.05) is 12.1 Å². The maximum atomic E-state index is 10.5. The molecule has 0 spiro atoms. The lowest BCUT2D eigenvalue weighted by Gasteiger charge is -2.10. The quantitative estimate of drug-likeness (QED) is 0.599. The highest BCUT2D eigenvalue weighted by atomic mass is 16.4. The Labute approximate surface area is 92.2 Å². The van der Waals surface area contributed by atoms with E-state index in [0.717, 1.165) is 0 Å². The average molecular weight is 223 g/mol. The predicted molar refractivity (Wildman–Crippen MR) is 58.8 cm³/mol. The molecule has 1 unspecified atom stereocenters. The molecule has 0 bridgehead atoms. The summed E-state index contributed by atoms with van der Waals surface area (Å²) in [5, 5.41) is 11.0. The van der Waals surface area contributed by atoms with Crippen molar-refractivity contribution in [3.8, 4) is 0 Å². The van der Waals surface area contributed by atoms with E-state index in [4.69, 9.17) is 16.6 Å². The van der Waals surface area contributed by atoms with Crippen molar-refractivity contribution in [2.45, 2.75) is 12.5 Å². The molecule has 0 saturated heterocycles. The highest BCUT2D eigenvalue weighted by molar-refractivity contribution is 5.87. The third-order valence-electron chi connectivity index (χ3n) is 2.00. The number of rotatable bonds is 4. The number of carbonyl (C=O) groups excluding carboxylic acids is 1. The molecule has 1 atom stereocenters. The summed E-state index contributed by atoms with van der Waals surface area (Å²) in [5.41, 5.74) is 11.8. The van der Waals surface area contributed by atoms with Crippen molar-refractivity contribution in [1.82, 2.24) is 0 Å². The molecule has 6 nitrogen and oxygen atoms in total. The first-order valence-electron chi connectivity index (χ1n) is 4.63. The van der Waals surface area contributed by atoms with Crippen molar-refractivity contribution in [1.29, 1.82) is 0 Å². The number of urea groups is 1. The normalized spacial score (nSPS) is 11.8. The summed E-state index contributed by atoms with van der Waals surface area (Å²) >= 11 is 0. The van der Waals surface area contributed by atoms with Gasteiger partial charge in [0, 0.05) is 11.7 Å². The van der Waals surface area contributed by atoms with Gasteiger partial charge >= 0.3 is 12.0 Å². The van der Waals surface area contributed by atoms with Crippen LogP contribution in [0.4, 0.5) is 10.5 Å². The summed E-state index contributed by atoms with van der Waals surface area (Å²) in [6.45, 7) is 0. The lowest BCUT2D eigenvalue weighted by molar-refractivity contribution is -0.137. The molecule has 0 aliphatic carbocycles. The molecule has 1 aromatic carbocycles. The Balaban J connectivity index is 2.70. The van der Waals surface area contributed by atoms with Crippen LogP contribution in [0, 0.1) is 0 Å². The van der Waals surface area contributed by atoms with Crippen LogP contribution in [0.1, 0.15) is 18.0 Å². The number of amides is 2. The van der Waals surface area contributed by atoms with Gasteiger partial charge in [-0.25, -0.2) is 4.79 Å². The minimum absolute atomic E-state index is 0.136. The van der Waals surface area contributed by atoms with Crippen LogP contribution in [0.5, 0.6) is 0 Å². The molecule has 1 rings (SSSR count). The van der Waals surface area contributed by atoms with E-state index in [1.165, 1.54) is 0 Å². The van der Waals surface area contributed by atoms with E-state index in [2.05, 4.69) is 5.32 Å². The molecule has 0 aliphatic rings. The fourth-order valence-corrected chi connectivity index (χ4v) is 1.26. The lowest BCUT2D eigenvalue weighted by Crippen LogP contribution is -2.19. The molecule has 2 amide bonds. The number of hydrogen-bond acceptors (Lipinski definition) is 3. The largest absolute Gasteiger partial charge is 0.481 e. The number of carbonyl (C=O) groups is 2. The topological polar surface area (TPSA) is 118 Å². The molecule has 0 radical (unpaired) electrons. The molecule has 0 fully saturated rings. The van der Waals surface area contributed by atoms with Crippen molar-refractivity contribution in [2.24, 2.45) is 11.5 Å². The van der Waals surface area contributed by atoms with Gasteiger partial charge in [-0.2, -0.15) is 0 Å². The standard InChI is InChI=1S/C10H13N3O3/c11-8(5-9(14)15)6-1-3-7(4-2-6)13-10(12)16/h1-4,8H,5,11H2,(H,14,15)(H3,12,13,16). The molecule has 6 heteroatoms. The average Bonchev–Trinajstić information content (AvgIpc) is 2.16. The highest BCUT2D eigenvalue weighted by Crippen LogP contribution is 2.16. The van der Waals surface area contributed by atoms with Crippen molar-refractivity contribution in [3.05, 3.63) is 29.8 Å². The van der Waals surface area contributed by atoms with Crippen molar-refractivity contribution < 1.29 is 14.7 Å². The van der Waals surface area contributed by atoms with Gasteiger partial charge in [-0.3, -0.25) is 4.79 Å². The number of nitrogens with two attached hydrogens (primary N) is 2. The lowest BCUT2D eigenvalue weighted by atomic mass is 10.0. The number of aliphatic carboxylic acids is 1. The SMILES string of the molecule is NC(=O)Nc1ccc(C(N)CC(=O)O)cc1. The van der Waals surface area contributed by atoms with Crippen LogP contribution in [0.2, 0.25) is 0 Å². The second-order valence-corrected chi connectivity index (χ2v) is 3.32. The fourth-order valence-electron chi connectivity index (χ4n) is 1.26. The summed E-state index contributed by atoms with van der Waals surface area (Å²) < 4.78 is 0. The molecule has 1 aromatic rings. The van der Waals surface area contributed by atoms with E-state index in [-0.39, 0.29) is 6.42 Å². The second kappa shape index (κ2) is 5.13. The van der Waals surface area contributed by atoms with Gasteiger partial charge in [0.05, 0.1) is 6.42 Å². The maximum Gasteiger partial charge on any atom is 0.316 e. The summed E-state index contributed by atoms with van der Waals surface area (Å²) in [4.78, 5) is 21.0. The zero-order valence-corrected chi connectivity index (χ0v) is 8.51. The van der Waals surface area contributed by atoms with Gasteiger partial charge in [-0.05, 0) is 17.7 Å². The van der Waals surface area contributed by atoms with Gasteiger partial charge in [-0.15, -0.1) is 0 Å². The second-order valence-electron chi connectivity index (χ2n) is 3.32. The van der Waals surface area contributed by atoms with Crippen LogP contribution in [-0.2, 0) is 4.79 Å². The van der Waals surface area contributed by atoms with E-state index in [1.807, 2.05) is 0 Å². The van der Waals surface area contributed by atoms with E-state index >= 15 is 0 Å². The van der Waals surface area contributed by atoms with E-state index in [0.29, 0.717) is 11.3 Å². The predicted octanol–water partition coefficient (Wildman–Crippen LogP) is 0.652. The van der Waals surface area contributed by atoms with E-state index < -0.39 is 18.0 Å². The molecule has 0 heterocycles. The van der Waals surface area contributed by atoms with Crippen LogP contribution >= 0.6 is 0 Å². The van der Waals surface area contributed by atoms with Gasteiger partial charge in [0.15, 0.2) is 0 Å². The minimum Gasteiger partial charge on any atom is -0.481 e. The summed E-state index contributed by atoms with van der Waals surface area (Å²) in [5.74, 6) is -0.952. The third kappa shape index (κ3) is 3.58. The molecule has 0 saturated carbocycles. The Hall–Kier alpha value is -2.08. The molecule has 86 valence electrons. The van der Waals surface area contributed by atoms with E-state index in [1.54, 1.807) is 24.3 Å². The Morgan fingerprint density at radius 2 is 1.88 bits per heavy atom. The van der Waals surface area contributed by atoms with Crippen molar-refractivity contribution in [3.63, 3.8) is 0 Å². The highest BCUT2D eigenvalue weighted by Gasteiger charge is 2.10. The minimum atomic E-state index is -0.952. The monoisotopic (exact) mass is 223 g/mol. The van der Waals surface area contributed by atoms with E-state index in [9.17, 15) is 9.59 Å². The van der Waals surface area contributed by atoms with Crippen molar-refractivity contribution >= 4 is 17.7 Å². The number of carboxylic acid groups (broad SMARTS) is 1. The third-order valence-corrected chi connectivity index (χ3v) is 2.00. The number of primary amides is 1. The van der Waals surface area contributed by atoms with Crippen LogP contribution in [0.25, 0.3) is 0 Å². The Morgan fingerprint density at radius 1 is 1.31 bits per heavy atom. The summed E-state index contributed by atoms with van der Waals surface area (Å²) in [6.07, 6.45) is -0.136. The number of anilines is 1. The zero-order chi connectivity index (χ0) is 12.1. The Kier molecular flexibility index (Phi) is 3.84. The molecule has 0 aliphatic heterocycles. The van der Waals surface area contributed by atoms with Gasteiger partial charge in [0.1, 0.15) is 0 Å². The smallest absolute Gasteiger partial charge is 0.316 e. The molecular formula is C10H13N3O3. The van der Waals surface area contributed by atoms with Crippen molar-refractivity contribution in [2.75, 3.05) is 5.32 Å².